The summed E-state index contributed by atoms with van der Waals surface area (Å²) in [4.78, 5) is 12.9. The number of carbonyl (C=O) groups is 1. The molecule has 1 aromatic carbocycles. The number of aryl methyl sites for hydroxylation is 2. The smallest absolute Gasteiger partial charge is 0.205 e. The van der Waals surface area contributed by atoms with Crippen LogP contribution in [0.4, 0.5) is 0 Å². The SMILES string of the molecule is Cc1ccc(C)c([C@H]2C(C#N)=C(N)OC3=C2C(=O)CC(C)(C)C3)c1. The van der Waals surface area contributed by atoms with Crippen LogP contribution in [0.5, 0.6) is 0 Å². The van der Waals surface area contributed by atoms with Gasteiger partial charge in [-0.15, -0.1) is 0 Å². The van der Waals surface area contributed by atoms with Crippen molar-refractivity contribution in [1.29, 1.82) is 5.26 Å². The molecule has 1 atom stereocenters. The number of hydrogen-bond donors (Lipinski definition) is 1. The summed E-state index contributed by atoms with van der Waals surface area (Å²) in [5.74, 6) is 0.362. The van der Waals surface area contributed by atoms with E-state index in [-0.39, 0.29) is 17.1 Å². The summed E-state index contributed by atoms with van der Waals surface area (Å²) in [6.07, 6.45) is 1.10. The van der Waals surface area contributed by atoms with Gasteiger partial charge in [-0.05, 0) is 30.4 Å². The Labute approximate surface area is 142 Å². The highest BCUT2D eigenvalue weighted by Crippen LogP contribution is 2.48. The minimum atomic E-state index is -0.428. The van der Waals surface area contributed by atoms with Crippen molar-refractivity contribution in [2.24, 2.45) is 11.1 Å². The van der Waals surface area contributed by atoms with Crippen molar-refractivity contribution in [3.8, 4) is 6.07 Å². The van der Waals surface area contributed by atoms with Gasteiger partial charge in [-0.2, -0.15) is 5.26 Å². The third-order valence-electron chi connectivity index (χ3n) is 4.82. The maximum Gasteiger partial charge on any atom is 0.205 e. The normalized spacial score (nSPS) is 22.8. The van der Waals surface area contributed by atoms with Crippen molar-refractivity contribution in [3.05, 3.63) is 57.7 Å². The molecule has 4 nitrogen and oxygen atoms in total. The molecule has 2 aliphatic rings. The second kappa shape index (κ2) is 5.52. The molecule has 1 aromatic rings. The summed E-state index contributed by atoms with van der Waals surface area (Å²) < 4.78 is 5.72. The summed E-state index contributed by atoms with van der Waals surface area (Å²) in [7, 11) is 0. The quantitative estimate of drug-likeness (QED) is 0.854. The highest BCUT2D eigenvalue weighted by molar-refractivity contribution is 6.00. The lowest BCUT2D eigenvalue weighted by molar-refractivity contribution is -0.119. The van der Waals surface area contributed by atoms with Crippen LogP contribution >= 0.6 is 0 Å². The Morgan fingerprint density at radius 1 is 1.29 bits per heavy atom. The highest BCUT2D eigenvalue weighted by atomic mass is 16.5. The fraction of sp³-hybridized carbons (Fsp3) is 0.400. The number of nitrogens with two attached hydrogens (primary N) is 1. The number of hydrogen-bond acceptors (Lipinski definition) is 4. The van der Waals surface area contributed by atoms with Gasteiger partial charge in [0.05, 0.1) is 5.92 Å². The van der Waals surface area contributed by atoms with Crippen molar-refractivity contribution in [2.75, 3.05) is 0 Å². The molecule has 0 radical (unpaired) electrons. The first-order chi connectivity index (χ1) is 11.2. The lowest BCUT2D eigenvalue weighted by atomic mass is 9.69. The number of Topliss-reactive ketones (excluding diaryl/α,β-unsaturated/α-hetero) is 1. The highest BCUT2D eigenvalue weighted by Gasteiger charge is 2.43. The van der Waals surface area contributed by atoms with Crippen LogP contribution in [0.2, 0.25) is 0 Å². The van der Waals surface area contributed by atoms with Gasteiger partial charge < -0.3 is 10.5 Å². The molecule has 0 aromatic heterocycles. The Hall–Kier alpha value is -2.54. The second-order valence-corrected chi connectivity index (χ2v) is 7.56. The topological polar surface area (TPSA) is 76.1 Å². The first-order valence-corrected chi connectivity index (χ1v) is 8.14. The van der Waals surface area contributed by atoms with Gasteiger partial charge in [0.25, 0.3) is 0 Å². The van der Waals surface area contributed by atoms with Gasteiger partial charge in [0, 0.05) is 18.4 Å². The van der Waals surface area contributed by atoms with Crippen molar-refractivity contribution < 1.29 is 9.53 Å². The molecule has 1 aliphatic heterocycles. The standard InChI is InChI=1S/C20H22N2O2/c1-11-5-6-12(2)13(7-11)17-14(10-21)19(22)24-16-9-20(3,4)8-15(23)18(16)17/h5-7,17H,8-9,22H2,1-4H3/t17-/m0/s1. The molecule has 1 aliphatic carbocycles. The molecular weight excluding hydrogens is 300 g/mol. The molecule has 0 fully saturated rings. The van der Waals surface area contributed by atoms with Gasteiger partial charge in [0.15, 0.2) is 5.78 Å². The summed E-state index contributed by atoms with van der Waals surface area (Å²) in [6, 6.07) is 8.24. The molecule has 3 rings (SSSR count). The third-order valence-corrected chi connectivity index (χ3v) is 4.82. The lowest BCUT2D eigenvalue weighted by Crippen LogP contribution is -2.33. The summed E-state index contributed by atoms with van der Waals surface area (Å²) in [5, 5.41) is 9.63. The van der Waals surface area contributed by atoms with E-state index in [1.165, 1.54) is 0 Å². The Morgan fingerprint density at radius 2 is 2.00 bits per heavy atom. The Morgan fingerprint density at radius 3 is 2.67 bits per heavy atom. The van der Waals surface area contributed by atoms with E-state index >= 15 is 0 Å². The Balaban J connectivity index is 2.24. The number of ether oxygens (including phenoxy) is 1. The van der Waals surface area contributed by atoms with Crippen LogP contribution < -0.4 is 5.73 Å². The van der Waals surface area contributed by atoms with Crippen LogP contribution in [0, 0.1) is 30.6 Å². The molecule has 0 amide bonds. The summed E-state index contributed by atoms with van der Waals surface area (Å²) >= 11 is 0. The van der Waals surface area contributed by atoms with E-state index in [0.717, 1.165) is 16.7 Å². The van der Waals surface area contributed by atoms with E-state index in [4.69, 9.17) is 10.5 Å². The number of nitriles is 1. The van der Waals surface area contributed by atoms with Gasteiger partial charge in [-0.1, -0.05) is 37.6 Å². The zero-order valence-corrected chi connectivity index (χ0v) is 14.6. The molecular formula is C20H22N2O2. The largest absolute Gasteiger partial charge is 0.444 e. The number of carbonyl (C=O) groups excluding carboxylic acids is 1. The van der Waals surface area contributed by atoms with Crippen LogP contribution in [-0.4, -0.2) is 5.78 Å². The van der Waals surface area contributed by atoms with E-state index in [1.54, 1.807) is 0 Å². The molecule has 0 bridgehead atoms. The van der Waals surface area contributed by atoms with Crippen molar-refractivity contribution in [2.45, 2.75) is 46.5 Å². The van der Waals surface area contributed by atoms with Gasteiger partial charge in [-0.25, -0.2) is 0 Å². The minimum absolute atomic E-state index is 0.0485. The van der Waals surface area contributed by atoms with Crippen LogP contribution in [0.15, 0.2) is 41.0 Å². The monoisotopic (exact) mass is 322 g/mol. The Bertz CT molecular complexity index is 838. The predicted octanol–water partition coefficient (Wildman–Crippen LogP) is 3.75. The van der Waals surface area contributed by atoms with Crippen LogP contribution in [-0.2, 0) is 9.53 Å². The number of benzene rings is 1. The third kappa shape index (κ3) is 2.60. The van der Waals surface area contributed by atoms with Gasteiger partial charge in [-0.3, -0.25) is 4.79 Å². The van der Waals surface area contributed by atoms with E-state index in [2.05, 4.69) is 6.07 Å². The lowest BCUT2D eigenvalue weighted by Gasteiger charge is -2.37. The molecule has 0 unspecified atom stereocenters. The zero-order valence-electron chi connectivity index (χ0n) is 14.6. The summed E-state index contributed by atoms with van der Waals surface area (Å²) in [6.45, 7) is 8.09. The van der Waals surface area contributed by atoms with E-state index in [9.17, 15) is 10.1 Å². The first kappa shape index (κ1) is 16.3. The van der Waals surface area contributed by atoms with E-state index in [1.807, 2.05) is 45.9 Å². The molecule has 2 N–H and O–H groups in total. The van der Waals surface area contributed by atoms with E-state index in [0.29, 0.717) is 29.7 Å². The maximum atomic E-state index is 12.9. The number of nitrogens with zero attached hydrogens (tertiary/aromatic N) is 1. The molecule has 24 heavy (non-hydrogen) atoms. The second-order valence-electron chi connectivity index (χ2n) is 7.56. The van der Waals surface area contributed by atoms with Crippen LogP contribution in [0.3, 0.4) is 0 Å². The molecule has 1 heterocycles. The maximum absolute atomic E-state index is 12.9. The van der Waals surface area contributed by atoms with Crippen LogP contribution in [0.25, 0.3) is 0 Å². The van der Waals surface area contributed by atoms with Gasteiger partial charge in [0.1, 0.15) is 17.4 Å². The fourth-order valence-corrected chi connectivity index (χ4v) is 3.67. The van der Waals surface area contributed by atoms with Gasteiger partial charge >= 0.3 is 0 Å². The molecule has 0 spiro atoms. The number of rotatable bonds is 1. The fourth-order valence-electron chi connectivity index (χ4n) is 3.67. The van der Waals surface area contributed by atoms with Gasteiger partial charge in [0.2, 0.25) is 5.88 Å². The number of ketones is 1. The Kier molecular flexibility index (Phi) is 3.76. The van der Waals surface area contributed by atoms with Crippen molar-refractivity contribution in [3.63, 3.8) is 0 Å². The zero-order chi connectivity index (χ0) is 17.6. The molecule has 4 heteroatoms. The minimum Gasteiger partial charge on any atom is -0.444 e. The van der Waals surface area contributed by atoms with Crippen molar-refractivity contribution >= 4 is 5.78 Å². The molecule has 124 valence electrons. The predicted molar refractivity (Wildman–Crippen MR) is 91.6 cm³/mol. The molecule has 0 saturated carbocycles. The van der Waals surface area contributed by atoms with Crippen molar-refractivity contribution in [1.82, 2.24) is 0 Å². The molecule has 0 saturated heterocycles. The van der Waals surface area contributed by atoms with E-state index < -0.39 is 5.92 Å². The average molecular weight is 322 g/mol. The first-order valence-electron chi connectivity index (χ1n) is 8.14. The van der Waals surface area contributed by atoms with Crippen LogP contribution in [0.1, 0.15) is 49.3 Å². The average Bonchev–Trinajstić information content (AvgIpc) is 2.47. The number of allylic oxidation sites excluding steroid dienone is 3. The summed E-state index contributed by atoms with van der Waals surface area (Å²) in [5.41, 5.74) is 9.89.